The van der Waals surface area contributed by atoms with Crippen LogP contribution >= 0.6 is 11.6 Å². The molecule has 2 aromatic rings. The minimum atomic E-state index is -0.348. The summed E-state index contributed by atoms with van der Waals surface area (Å²) < 4.78 is 11.6. The number of nitro groups is 1. The summed E-state index contributed by atoms with van der Waals surface area (Å²) in [7, 11) is 0. The normalized spacial score (nSPS) is 20.6. The summed E-state index contributed by atoms with van der Waals surface area (Å²) in [5, 5.41) is 12.1. The van der Waals surface area contributed by atoms with E-state index in [4.69, 9.17) is 21.1 Å². The second-order valence-electron chi connectivity index (χ2n) is 7.27. The van der Waals surface area contributed by atoms with E-state index in [1.165, 1.54) is 0 Å². The summed E-state index contributed by atoms with van der Waals surface area (Å²) in [6.07, 6.45) is 0.587. The van der Waals surface area contributed by atoms with E-state index >= 15 is 0 Å². The zero-order valence-electron chi connectivity index (χ0n) is 16.1. The number of halogens is 1. The molecule has 8 heteroatoms. The number of nitrogens with zero attached hydrogens (tertiary/aromatic N) is 3. The predicted molar refractivity (Wildman–Crippen MR) is 111 cm³/mol. The Balaban J connectivity index is 1.67. The van der Waals surface area contributed by atoms with Crippen molar-refractivity contribution in [2.75, 3.05) is 44.4 Å². The molecular formula is C21H24ClN3O4. The van der Waals surface area contributed by atoms with Crippen molar-refractivity contribution in [1.82, 2.24) is 4.90 Å². The third-order valence-corrected chi connectivity index (χ3v) is 5.59. The lowest BCUT2D eigenvalue weighted by Crippen LogP contribution is -2.40. The number of rotatable bonds is 5. The van der Waals surface area contributed by atoms with Gasteiger partial charge in [-0.2, -0.15) is 0 Å². The molecule has 0 saturated carbocycles. The van der Waals surface area contributed by atoms with Gasteiger partial charge < -0.3 is 14.4 Å². The summed E-state index contributed by atoms with van der Waals surface area (Å²) in [5.41, 5.74) is 3.03. The van der Waals surface area contributed by atoms with Gasteiger partial charge >= 0.3 is 0 Å². The standard InChI is InChI=1S/C21H24ClN3O4/c22-17-4-2-16(3-5-17)15-24-8-1-11-29-21(24)19-14-18(25(26)27)6-7-20(19)23-9-12-28-13-10-23/h2-7,14,21H,1,8-13,15H2/t21-/m1/s1. The molecule has 1 atom stereocenters. The highest BCUT2D eigenvalue weighted by atomic mass is 35.5. The summed E-state index contributed by atoms with van der Waals surface area (Å²) in [5.74, 6) is 0. The Morgan fingerprint density at radius 2 is 1.83 bits per heavy atom. The second-order valence-corrected chi connectivity index (χ2v) is 7.71. The third-order valence-electron chi connectivity index (χ3n) is 5.34. The molecule has 7 nitrogen and oxygen atoms in total. The van der Waals surface area contributed by atoms with E-state index < -0.39 is 0 Å². The first kappa shape index (κ1) is 20.1. The van der Waals surface area contributed by atoms with E-state index in [1.54, 1.807) is 12.1 Å². The molecule has 0 unspecified atom stereocenters. The van der Waals surface area contributed by atoms with Gasteiger partial charge in [-0.25, -0.2) is 0 Å². The molecule has 2 aliphatic rings. The summed E-state index contributed by atoms with van der Waals surface area (Å²) >= 11 is 6.01. The fourth-order valence-electron chi connectivity index (χ4n) is 3.90. The van der Waals surface area contributed by atoms with Crippen LogP contribution in [-0.4, -0.2) is 49.3 Å². The summed E-state index contributed by atoms with van der Waals surface area (Å²) in [6.45, 7) is 4.99. The Bertz CT molecular complexity index is 856. The fraction of sp³-hybridized carbons (Fsp3) is 0.429. The number of hydrogen-bond acceptors (Lipinski definition) is 6. The van der Waals surface area contributed by atoms with Crippen molar-refractivity contribution < 1.29 is 14.4 Å². The average Bonchev–Trinajstić information content (AvgIpc) is 2.76. The van der Waals surface area contributed by atoms with Gasteiger partial charge in [0.25, 0.3) is 5.69 Å². The molecule has 0 aromatic heterocycles. The SMILES string of the molecule is O=[N+]([O-])c1ccc(N2CCOCC2)c([C@H]2OCCCN2Cc2ccc(Cl)cc2)c1. The maximum atomic E-state index is 11.4. The lowest BCUT2D eigenvalue weighted by atomic mass is 10.1. The Morgan fingerprint density at radius 1 is 1.07 bits per heavy atom. The van der Waals surface area contributed by atoms with Crippen LogP contribution < -0.4 is 4.90 Å². The van der Waals surface area contributed by atoms with Crippen molar-refractivity contribution in [3.05, 3.63) is 68.7 Å². The average molecular weight is 418 g/mol. The maximum Gasteiger partial charge on any atom is 0.270 e. The van der Waals surface area contributed by atoms with Gasteiger partial charge in [-0.1, -0.05) is 23.7 Å². The molecule has 29 heavy (non-hydrogen) atoms. The summed E-state index contributed by atoms with van der Waals surface area (Å²) in [4.78, 5) is 15.5. The van der Waals surface area contributed by atoms with E-state index in [9.17, 15) is 10.1 Å². The first-order valence-electron chi connectivity index (χ1n) is 9.83. The molecule has 4 rings (SSSR count). The van der Waals surface area contributed by atoms with E-state index in [0.717, 1.165) is 42.9 Å². The predicted octanol–water partition coefficient (Wildman–Crippen LogP) is 4.01. The lowest BCUT2D eigenvalue weighted by Gasteiger charge is -2.39. The van der Waals surface area contributed by atoms with Gasteiger partial charge in [0.2, 0.25) is 0 Å². The van der Waals surface area contributed by atoms with Crippen LogP contribution in [0.15, 0.2) is 42.5 Å². The van der Waals surface area contributed by atoms with Gasteiger partial charge in [0, 0.05) is 54.6 Å². The van der Waals surface area contributed by atoms with Gasteiger partial charge in [-0.05, 0) is 30.2 Å². The molecule has 2 aromatic carbocycles. The van der Waals surface area contributed by atoms with Gasteiger partial charge in [0.05, 0.1) is 24.7 Å². The summed E-state index contributed by atoms with van der Waals surface area (Å²) in [6, 6.07) is 12.8. The Kier molecular flexibility index (Phi) is 6.30. The second kappa shape index (κ2) is 9.09. The Labute approximate surface area is 174 Å². The molecule has 154 valence electrons. The minimum absolute atomic E-state index is 0.0811. The highest BCUT2D eigenvalue weighted by Gasteiger charge is 2.30. The molecular weight excluding hydrogens is 394 g/mol. The third kappa shape index (κ3) is 4.70. The molecule has 0 radical (unpaired) electrons. The zero-order chi connectivity index (χ0) is 20.2. The number of nitro benzene ring substituents is 1. The zero-order valence-corrected chi connectivity index (χ0v) is 16.9. The lowest BCUT2D eigenvalue weighted by molar-refractivity contribution is -0.385. The number of morpholine rings is 1. The van der Waals surface area contributed by atoms with Gasteiger partial charge in [0.15, 0.2) is 0 Å². The Hall–Kier alpha value is -2.19. The molecule has 0 amide bonds. The molecule has 2 fully saturated rings. The van der Waals surface area contributed by atoms with Crippen LogP contribution in [-0.2, 0) is 16.0 Å². The van der Waals surface area contributed by atoms with Crippen LogP contribution in [0.2, 0.25) is 5.02 Å². The Morgan fingerprint density at radius 3 is 2.55 bits per heavy atom. The van der Waals surface area contributed by atoms with Crippen LogP contribution in [0.25, 0.3) is 0 Å². The quantitative estimate of drug-likeness (QED) is 0.541. The number of benzene rings is 2. The van der Waals surface area contributed by atoms with E-state index in [0.29, 0.717) is 31.4 Å². The first-order valence-corrected chi connectivity index (χ1v) is 10.2. The minimum Gasteiger partial charge on any atom is -0.378 e. The van der Waals surface area contributed by atoms with E-state index in [1.807, 2.05) is 30.3 Å². The highest BCUT2D eigenvalue weighted by molar-refractivity contribution is 6.30. The molecule has 2 aliphatic heterocycles. The van der Waals surface area contributed by atoms with Gasteiger partial charge in [0.1, 0.15) is 6.23 Å². The fourth-order valence-corrected chi connectivity index (χ4v) is 4.03. The molecule has 0 spiro atoms. The number of ether oxygens (including phenoxy) is 2. The molecule has 0 bridgehead atoms. The van der Waals surface area contributed by atoms with Crippen molar-refractivity contribution in [3.8, 4) is 0 Å². The smallest absolute Gasteiger partial charge is 0.270 e. The molecule has 0 N–H and O–H groups in total. The van der Waals surface area contributed by atoms with Crippen molar-refractivity contribution in [2.45, 2.75) is 19.2 Å². The largest absolute Gasteiger partial charge is 0.378 e. The van der Waals surface area contributed by atoms with Crippen LogP contribution in [0, 0.1) is 10.1 Å². The first-order chi connectivity index (χ1) is 14.1. The molecule has 2 saturated heterocycles. The van der Waals surface area contributed by atoms with Crippen LogP contribution in [0.4, 0.5) is 11.4 Å². The monoisotopic (exact) mass is 417 g/mol. The van der Waals surface area contributed by atoms with Crippen LogP contribution in [0.1, 0.15) is 23.8 Å². The highest BCUT2D eigenvalue weighted by Crippen LogP contribution is 2.37. The topological polar surface area (TPSA) is 68.1 Å². The number of anilines is 1. The van der Waals surface area contributed by atoms with E-state index in [-0.39, 0.29) is 16.8 Å². The van der Waals surface area contributed by atoms with Gasteiger partial charge in [-0.3, -0.25) is 15.0 Å². The molecule has 0 aliphatic carbocycles. The van der Waals surface area contributed by atoms with Crippen LogP contribution in [0.5, 0.6) is 0 Å². The van der Waals surface area contributed by atoms with Crippen molar-refractivity contribution in [1.29, 1.82) is 0 Å². The van der Waals surface area contributed by atoms with E-state index in [2.05, 4.69) is 9.80 Å². The van der Waals surface area contributed by atoms with Crippen molar-refractivity contribution in [3.63, 3.8) is 0 Å². The number of hydrogen-bond donors (Lipinski definition) is 0. The number of non-ortho nitro benzene ring substituents is 1. The molecule has 2 heterocycles. The van der Waals surface area contributed by atoms with Crippen LogP contribution in [0.3, 0.4) is 0 Å². The van der Waals surface area contributed by atoms with Crippen molar-refractivity contribution in [2.24, 2.45) is 0 Å². The van der Waals surface area contributed by atoms with Gasteiger partial charge in [-0.15, -0.1) is 0 Å². The van der Waals surface area contributed by atoms with Crippen molar-refractivity contribution >= 4 is 23.0 Å². The maximum absolute atomic E-state index is 11.4.